The lowest BCUT2D eigenvalue weighted by Crippen LogP contribution is -2.62. The molecule has 1 aromatic carbocycles. The number of carbonyl (C=O) groups is 4. The van der Waals surface area contributed by atoms with E-state index in [1.54, 1.807) is 20.8 Å². The van der Waals surface area contributed by atoms with Crippen molar-refractivity contribution >= 4 is 23.9 Å². The molecule has 224 valence electrons. The molecule has 41 heavy (non-hydrogen) atoms. The number of nitrogens with zero attached hydrogens (tertiary/aromatic N) is 4. The van der Waals surface area contributed by atoms with Crippen LogP contribution >= 0.6 is 0 Å². The van der Waals surface area contributed by atoms with E-state index in [0.717, 1.165) is 22.0 Å². The van der Waals surface area contributed by atoms with Gasteiger partial charge in [-0.2, -0.15) is 13.2 Å². The summed E-state index contributed by atoms with van der Waals surface area (Å²) >= 11 is 0. The maximum Gasteiger partial charge on any atom is 0.428 e. The molecule has 1 aliphatic rings. The van der Waals surface area contributed by atoms with Gasteiger partial charge in [0.25, 0.3) is 0 Å². The molecule has 2 atom stereocenters. The number of carboxylic acid groups (broad SMARTS) is 1. The van der Waals surface area contributed by atoms with Gasteiger partial charge in [-0.05, 0) is 36.1 Å². The fourth-order valence-electron chi connectivity index (χ4n) is 4.33. The molecule has 3 amide bonds. The summed E-state index contributed by atoms with van der Waals surface area (Å²) in [5.74, 6) is -2.41. The van der Waals surface area contributed by atoms with E-state index < -0.39 is 53.1 Å². The normalized spacial score (nSPS) is 15.3. The molecule has 0 saturated carbocycles. The van der Waals surface area contributed by atoms with Crippen molar-refractivity contribution in [1.29, 1.82) is 0 Å². The van der Waals surface area contributed by atoms with E-state index in [1.807, 2.05) is 6.92 Å². The predicted molar refractivity (Wildman–Crippen MR) is 133 cm³/mol. The molecule has 1 saturated heterocycles. The fraction of sp³-hybridized carbons (Fsp3) is 0.538. The van der Waals surface area contributed by atoms with Gasteiger partial charge in [0.1, 0.15) is 12.7 Å². The molecular weight excluding hydrogens is 551 g/mol. The Balaban J connectivity index is 1.90. The summed E-state index contributed by atoms with van der Waals surface area (Å²) in [4.78, 5) is 51.1. The molecule has 2 aromatic rings. The maximum atomic E-state index is 13.3. The third kappa shape index (κ3) is 7.73. The molecule has 1 N–H and O–H groups in total. The number of nitrogens with one attached hydrogen (secondary N) is 1. The number of benzene rings is 1. The SMILES string of the molecule is CCCC[C@@H](C(=O)C(=O)NN1CCOC1=O)N(C(=O)[O-])[C@H](Cc1nnc(-c2ccc(C(F)(F)F)cc2)o1)C(C)(C)C. The second-order valence-electron chi connectivity index (χ2n) is 10.6. The lowest BCUT2D eigenvalue weighted by Gasteiger charge is -2.45. The van der Waals surface area contributed by atoms with Gasteiger partial charge >= 0.3 is 18.2 Å². The summed E-state index contributed by atoms with van der Waals surface area (Å²) in [5.41, 5.74) is 0.678. The van der Waals surface area contributed by atoms with Crippen molar-refractivity contribution in [2.75, 3.05) is 13.2 Å². The Morgan fingerprint density at radius 2 is 1.80 bits per heavy atom. The summed E-state index contributed by atoms with van der Waals surface area (Å²) in [7, 11) is 0. The second-order valence-corrected chi connectivity index (χ2v) is 10.6. The minimum atomic E-state index is -4.52. The van der Waals surface area contributed by atoms with E-state index in [2.05, 4.69) is 15.6 Å². The Labute approximate surface area is 233 Å². The van der Waals surface area contributed by atoms with Crippen LogP contribution in [-0.4, -0.2) is 69.2 Å². The van der Waals surface area contributed by atoms with Gasteiger partial charge in [0.2, 0.25) is 17.6 Å². The zero-order chi connectivity index (χ0) is 30.5. The smallest absolute Gasteiger partial charge is 0.428 e. The molecule has 3 rings (SSSR count). The third-order valence-electron chi connectivity index (χ3n) is 6.53. The Morgan fingerprint density at radius 3 is 2.32 bits per heavy atom. The van der Waals surface area contributed by atoms with Crippen LogP contribution in [0.3, 0.4) is 0 Å². The number of hydrogen-bond acceptors (Lipinski definition) is 9. The quantitative estimate of drug-likeness (QED) is 0.393. The number of ether oxygens (including phenoxy) is 1. The van der Waals surface area contributed by atoms with Crippen LogP contribution in [0.4, 0.5) is 22.8 Å². The number of unbranched alkanes of at least 4 members (excludes halogenated alkanes) is 1. The molecule has 1 aromatic heterocycles. The Bertz CT molecular complexity index is 1260. The number of carbonyl (C=O) groups excluding carboxylic acids is 4. The number of rotatable bonds is 11. The van der Waals surface area contributed by atoms with Crippen molar-refractivity contribution in [3.05, 3.63) is 35.7 Å². The maximum absolute atomic E-state index is 13.3. The van der Waals surface area contributed by atoms with Gasteiger partial charge in [-0.15, -0.1) is 10.2 Å². The number of cyclic esters (lactones) is 1. The van der Waals surface area contributed by atoms with Crippen LogP contribution in [0.2, 0.25) is 0 Å². The number of hydrogen-bond donors (Lipinski definition) is 1. The topological polar surface area (TPSA) is 158 Å². The molecule has 15 heteroatoms. The van der Waals surface area contributed by atoms with Crippen LogP contribution in [0.5, 0.6) is 0 Å². The van der Waals surface area contributed by atoms with E-state index in [-0.39, 0.29) is 43.3 Å². The first-order valence-corrected chi connectivity index (χ1v) is 12.9. The number of halogens is 3. The standard InChI is InChI=1S/C26H32F3N5O7/c1-5-6-7-17(20(35)21(36)32-33-12-13-40-24(33)39)34(23(37)38)18(25(2,3)4)14-19-30-31-22(41-19)15-8-10-16(11-9-15)26(27,28)29/h8-11,17-18H,5-7,12-14H2,1-4H3,(H,32,36)(H,37,38)/p-1/t17-,18+/m0/s1. The van der Waals surface area contributed by atoms with Crippen molar-refractivity contribution < 1.29 is 46.6 Å². The third-order valence-corrected chi connectivity index (χ3v) is 6.53. The van der Waals surface area contributed by atoms with E-state index in [9.17, 15) is 37.5 Å². The molecule has 0 aliphatic carbocycles. The highest BCUT2D eigenvalue weighted by atomic mass is 19.4. The van der Waals surface area contributed by atoms with Crippen LogP contribution in [0.25, 0.3) is 11.5 Å². The number of ketones is 1. The summed E-state index contributed by atoms with van der Waals surface area (Å²) in [6.07, 6.45) is -6.29. The van der Waals surface area contributed by atoms with Gasteiger partial charge in [0.05, 0.1) is 18.2 Å². The Hall–Kier alpha value is -4.17. The monoisotopic (exact) mass is 582 g/mol. The minimum Gasteiger partial charge on any atom is -0.530 e. The first kappa shape index (κ1) is 31.4. The van der Waals surface area contributed by atoms with Crippen molar-refractivity contribution in [2.45, 2.75) is 71.6 Å². The van der Waals surface area contributed by atoms with Gasteiger partial charge < -0.3 is 24.0 Å². The lowest BCUT2D eigenvalue weighted by atomic mass is 9.82. The fourth-order valence-corrected chi connectivity index (χ4v) is 4.33. The first-order chi connectivity index (χ1) is 19.1. The van der Waals surface area contributed by atoms with Crippen molar-refractivity contribution in [3.63, 3.8) is 0 Å². The van der Waals surface area contributed by atoms with Gasteiger partial charge in [0, 0.05) is 18.0 Å². The van der Waals surface area contributed by atoms with E-state index in [0.29, 0.717) is 12.8 Å². The average Bonchev–Trinajstić information content (AvgIpc) is 3.52. The second kappa shape index (κ2) is 12.6. The largest absolute Gasteiger partial charge is 0.530 e. The van der Waals surface area contributed by atoms with Gasteiger partial charge in [-0.25, -0.2) is 9.80 Å². The average molecular weight is 583 g/mol. The summed E-state index contributed by atoms with van der Waals surface area (Å²) in [6, 6.07) is 1.60. The number of hydrazine groups is 1. The van der Waals surface area contributed by atoms with Crippen LogP contribution in [-0.2, 0) is 26.9 Å². The molecule has 0 bridgehead atoms. The molecule has 0 unspecified atom stereocenters. The zero-order valence-corrected chi connectivity index (χ0v) is 23.0. The lowest BCUT2D eigenvalue weighted by molar-refractivity contribution is -0.272. The summed E-state index contributed by atoms with van der Waals surface area (Å²) in [5, 5.41) is 21.2. The van der Waals surface area contributed by atoms with Crippen molar-refractivity contribution in [2.24, 2.45) is 5.41 Å². The van der Waals surface area contributed by atoms with Crippen LogP contribution in [0.1, 0.15) is 58.4 Å². The molecule has 1 fully saturated rings. The van der Waals surface area contributed by atoms with Gasteiger partial charge in [-0.1, -0.05) is 40.5 Å². The predicted octanol–water partition coefficient (Wildman–Crippen LogP) is 2.97. The minimum absolute atomic E-state index is 0.00556. The highest BCUT2D eigenvalue weighted by molar-refractivity contribution is 6.38. The van der Waals surface area contributed by atoms with Crippen LogP contribution in [0.15, 0.2) is 28.7 Å². The van der Waals surface area contributed by atoms with E-state index in [4.69, 9.17) is 9.15 Å². The molecule has 1 aliphatic heterocycles. The number of Topliss-reactive ketones (excluding diaryl/α,β-unsaturated/α-hetero) is 1. The Morgan fingerprint density at radius 1 is 1.15 bits per heavy atom. The van der Waals surface area contributed by atoms with Crippen molar-refractivity contribution in [1.82, 2.24) is 25.5 Å². The Kier molecular flexibility index (Phi) is 9.61. The molecule has 2 heterocycles. The number of alkyl halides is 3. The molecule has 0 radical (unpaired) electrons. The summed E-state index contributed by atoms with van der Waals surface area (Å²) in [6.45, 7) is 6.99. The zero-order valence-electron chi connectivity index (χ0n) is 23.0. The van der Waals surface area contributed by atoms with Gasteiger partial charge in [-0.3, -0.25) is 15.0 Å². The molecule has 12 nitrogen and oxygen atoms in total. The highest BCUT2D eigenvalue weighted by Crippen LogP contribution is 2.33. The van der Waals surface area contributed by atoms with Crippen LogP contribution < -0.4 is 10.5 Å². The van der Waals surface area contributed by atoms with E-state index in [1.165, 1.54) is 12.1 Å². The highest BCUT2D eigenvalue weighted by Gasteiger charge is 2.41. The van der Waals surface area contributed by atoms with Gasteiger partial charge in [0.15, 0.2) is 0 Å². The van der Waals surface area contributed by atoms with Crippen molar-refractivity contribution in [3.8, 4) is 11.5 Å². The summed E-state index contributed by atoms with van der Waals surface area (Å²) < 4.78 is 49.1. The first-order valence-electron chi connectivity index (χ1n) is 12.9. The molecular formula is C26H31F3N5O7-. The number of aromatic nitrogens is 2. The van der Waals surface area contributed by atoms with E-state index >= 15 is 0 Å². The molecule has 0 spiro atoms. The van der Waals surface area contributed by atoms with Crippen LogP contribution in [0, 0.1) is 5.41 Å². The number of amides is 3.